The van der Waals surface area contributed by atoms with E-state index < -0.39 is 0 Å². The molecule has 6 heteroatoms. The van der Waals surface area contributed by atoms with Gasteiger partial charge in [-0.25, -0.2) is 4.98 Å². The molecule has 3 N–H and O–H groups in total. The van der Waals surface area contributed by atoms with Crippen LogP contribution in [-0.2, 0) is 6.42 Å². The Bertz CT molecular complexity index is 531. The summed E-state index contributed by atoms with van der Waals surface area (Å²) in [5.74, 6) is 0.820. The normalized spacial score (nSPS) is 10.3. The molecule has 0 aliphatic carbocycles. The minimum Gasteiger partial charge on any atom is -0.382 e. The first-order chi connectivity index (χ1) is 8.66. The van der Waals surface area contributed by atoms with Gasteiger partial charge in [0.25, 0.3) is 0 Å². The Morgan fingerprint density at radius 1 is 1.17 bits per heavy atom. The van der Waals surface area contributed by atoms with E-state index in [1.54, 1.807) is 18.5 Å². The summed E-state index contributed by atoms with van der Waals surface area (Å²) in [7, 11) is 0. The second-order valence-electron chi connectivity index (χ2n) is 3.72. The minimum atomic E-state index is 0.271. The number of nitrogens with zero attached hydrogens (tertiary/aromatic N) is 2. The van der Waals surface area contributed by atoms with E-state index in [1.807, 2.05) is 12.1 Å². The van der Waals surface area contributed by atoms with E-state index in [2.05, 4.69) is 15.3 Å². The van der Waals surface area contributed by atoms with Crippen LogP contribution in [0, 0.1) is 0 Å². The van der Waals surface area contributed by atoms with Gasteiger partial charge in [0, 0.05) is 18.9 Å². The average Bonchev–Trinajstić information content (AvgIpc) is 2.37. The number of hydrogen-bond donors (Lipinski definition) is 2. The number of anilines is 2. The van der Waals surface area contributed by atoms with Gasteiger partial charge in [-0.3, -0.25) is 4.98 Å². The summed E-state index contributed by atoms with van der Waals surface area (Å²) in [5.41, 5.74) is 6.81. The zero-order chi connectivity index (χ0) is 13.0. The van der Waals surface area contributed by atoms with Gasteiger partial charge in [-0.05, 0) is 30.2 Å². The third kappa shape index (κ3) is 3.24. The lowest BCUT2D eigenvalue weighted by atomic mass is 10.2. The predicted molar refractivity (Wildman–Crippen MR) is 75.1 cm³/mol. The van der Waals surface area contributed by atoms with Crippen LogP contribution in [0.5, 0.6) is 0 Å². The zero-order valence-electron chi connectivity index (χ0n) is 9.53. The van der Waals surface area contributed by atoms with Crippen LogP contribution in [0.4, 0.5) is 11.6 Å². The molecule has 2 aromatic heterocycles. The molecule has 4 nitrogen and oxygen atoms in total. The summed E-state index contributed by atoms with van der Waals surface area (Å²) in [5, 5.41) is 3.95. The quantitative estimate of drug-likeness (QED) is 0.905. The van der Waals surface area contributed by atoms with Gasteiger partial charge >= 0.3 is 0 Å². The van der Waals surface area contributed by atoms with Crippen molar-refractivity contribution in [1.82, 2.24) is 9.97 Å². The molecule has 0 unspecified atom stereocenters. The van der Waals surface area contributed by atoms with Crippen LogP contribution < -0.4 is 11.1 Å². The van der Waals surface area contributed by atoms with Crippen molar-refractivity contribution in [2.24, 2.45) is 0 Å². The van der Waals surface area contributed by atoms with E-state index in [0.29, 0.717) is 22.4 Å². The molecule has 0 atom stereocenters. The molecule has 2 aromatic rings. The first kappa shape index (κ1) is 12.9. The lowest BCUT2D eigenvalue weighted by molar-refractivity contribution is 1.00. The van der Waals surface area contributed by atoms with E-state index in [0.717, 1.165) is 6.42 Å². The molecule has 0 aromatic carbocycles. The van der Waals surface area contributed by atoms with Crippen LogP contribution in [0.2, 0.25) is 10.0 Å². The Labute approximate surface area is 115 Å². The fourth-order valence-electron chi connectivity index (χ4n) is 1.48. The van der Waals surface area contributed by atoms with Gasteiger partial charge in [-0.1, -0.05) is 23.2 Å². The SMILES string of the molecule is Nc1nc(NCCc2ccncc2)c(Cl)cc1Cl. The molecular weight excluding hydrogens is 271 g/mol. The van der Waals surface area contributed by atoms with E-state index in [4.69, 9.17) is 28.9 Å². The topological polar surface area (TPSA) is 63.8 Å². The van der Waals surface area contributed by atoms with Gasteiger partial charge in [0.1, 0.15) is 11.6 Å². The van der Waals surface area contributed by atoms with Crippen molar-refractivity contribution in [2.45, 2.75) is 6.42 Å². The molecular formula is C12H12Cl2N4. The fraction of sp³-hybridized carbons (Fsp3) is 0.167. The first-order valence-corrected chi connectivity index (χ1v) is 6.16. The fourth-order valence-corrected chi connectivity index (χ4v) is 1.90. The minimum absolute atomic E-state index is 0.271. The van der Waals surface area contributed by atoms with Crippen molar-refractivity contribution in [3.05, 3.63) is 46.2 Å². The van der Waals surface area contributed by atoms with E-state index in [-0.39, 0.29) is 5.82 Å². The maximum atomic E-state index is 6.01. The summed E-state index contributed by atoms with van der Waals surface area (Å²) >= 11 is 11.8. The number of rotatable bonds is 4. The van der Waals surface area contributed by atoms with E-state index in [1.165, 1.54) is 5.56 Å². The molecule has 0 amide bonds. The number of aromatic nitrogens is 2. The molecule has 0 spiro atoms. The summed E-state index contributed by atoms with van der Waals surface area (Å²) in [6.45, 7) is 0.706. The molecule has 94 valence electrons. The van der Waals surface area contributed by atoms with E-state index in [9.17, 15) is 0 Å². The Balaban J connectivity index is 1.97. The summed E-state index contributed by atoms with van der Waals surface area (Å²) < 4.78 is 0. The molecule has 2 rings (SSSR count). The van der Waals surface area contributed by atoms with Gasteiger partial charge in [-0.2, -0.15) is 0 Å². The highest BCUT2D eigenvalue weighted by atomic mass is 35.5. The van der Waals surface area contributed by atoms with Crippen LogP contribution in [0.3, 0.4) is 0 Å². The number of halogens is 2. The molecule has 0 aliphatic rings. The van der Waals surface area contributed by atoms with Crippen LogP contribution in [0.15, 0.2) is 30.6 Å². The number of nitrogens with one attached hydrogen (secondary N) is 1. The first-order valence-electron chi connectivity index (χ1n) is 5.41. The summed E-state index contributed by atoms with van der Waals surface area (Å²) in [6.07, 6.45) is 4.38. The largest absolute Gasteiger partial charge is 0.382 e. The maximum absolute atomic E-state index is 6.01. The summed E-state index contributed by atoms with van der Waals surface area (Å²) in [4.78, 5) is 8.06. The van der Waals surface area contributed by atoms with Gasteiger partial charge in [0.15, 0.2) is 0 Å². The molecule has 0 bridgehead atoms. The number of nitrogens with two attached hydrogens (primary N) is 1. The number of hydrogen-bond acceptors (Lipinski definition) is 4. The highest BCUT2D eigenvalue weighted by Gasteiger charge is 2.06. The van der Waals surface area contributed by atoms with Crippen molar-refractivity contribution >= 4 is 34.8 Å². The van der Waals surface area contributed by atoms with Gasteiger partial charge in [-0.15, -0.1) is 0 Å². The Hall–Kier alpha value is -1.52. The molecule has 18 heavy (non-hydrogen) atoms. The number of nitrogen functional groups attached to an aromatic ring is 1. The molecule has 0 radical (unpaired) electrons. The molecule has 0 fully saturated rings. The van der Waals surface area contributed by atoms with Crippen LogP contribution in [-0.4, -0.2) is 16.5 Å². The average molecular weight is 283 g/mol. The molecule has 0 saturated carbocycles. The van der Waals surface area contributed by atoms with E-state index >= 15 is 0 Å². The lowest BCUT2D eigenvalue weighted by Gasteiger charge is -2.09. The Morgan fingerprint density at radius 3 is 2.61 bits per heavy atom. The highest BCUT2D eigenvalue weighted by molar-refractivity contribution is 6.37. The second kappa shape index (κ2) is 5.89. The van der Waals surface area contributed by atoms with Crippen molar-refractivity contribution in [3.63, 3.8) is 0 Å². The second-order valence-corrected chi connectivity index (χ2v) is 4.53. The van der Waals surface area contributed by atoms with Gasteiger partial charge in [0.2, 0.25) is 0 Å². The monoisotopic (exact) mass is 282 g/mol. The van der Waals surface area contributed by atoms with Crippen LogP contribution >= 0.6 is 23.2 Å². The number of pyridine rings is 2. The molecule has 0 aliphatic heterocycles. The third-order valence-corrected chi connectivity index (χ3v) is 3.00. The van der Waals surface area contributed by atoms with Crippen LogP contribution in [0.1, 0.15) is 5.56 Å². The van der Waals surface area contributed by atoms with Crippen molar-refractivity contribution < 1.29 is 0 Å². The Kier molecular flexibility index (Phi) is 4.23. The molecule has 2 heterocycles. The predicted octanol–water partition coefficient (Wildman–Crippen LogP) is 3.02. The maximum Gasteiger partial charge on any atom is 0.147 e. The van der Waals surface area contributed by atoms with Gasteiger partial charge < -0.3 is 11.1 Å². The van der Waals surface area contributed by atoms with Crippen molar-refractivity contribution in [1.29, 1.82) is 0 Å². The Morgan fingerprint density at radius 2 is 1.89 bits per heavy atom. The smallest absolute Gasteiger partial charge is 0.147 e. The molecule has 0 saturated heterocycles. The van der Waals surface area contributed by atoms with Crippen molar-refractivity contribution in [3.8, 4) is 0 Å². The van der Waals surface area contributed by atoms with Crippen LogP contribution in [0.25, 0.3) is 0 Å². The third-order valence-electron chi connectivity index (χ3n) is 2.41. The zero-order valence-corrected chi connectivity index (χ0v) is 11.0. The standard InChI is InChI=1S/C12H12Cl2N4/c13-9-7-10(14)12(18-11(9)15)17-6-3-8-1-4-16-5-2-8/h1-2,4-5,7H,3,6H2,(H3,15,17,18). The summed E-state index contributed by atoms with van der Waals surface area (Å²) in [6, 6.07) is 5.51. The van der Waals surface area contributed by atoms with Gasteiger partial charge in [0.05, 0.1) is 10.0 Å². The highest BCUT2D eigenvalue weighted by Crippen LogP contribution is 2.27. The van der Waals surface area contributed by atoms with Crippen molar-refractivity contribution in [2.75, 3.05) is 17.6 Å². The lowest BCUT2D eigenvalue weighted by Crippen LogP contribution is -2.08.